The topological polar surface area (TPSA) is 86.0 Å². The molecule has 0 spiro atoms. The van der Waals surface area contributed by atoms with E-state index in [1.54, 1.807) is 36.8 Å². The minimum absolute atomic E-state index is 0.148. The summed E-state index contributed by atoms with van der Waals surface area (Å²) in [6, 6.07) is 22.0. The van der Waals surface area contributed by atoms with Gasteiger partial charge in [-0.15, -0.1) is 0 Å². The fourth-order valence-electron chi connectivity index (χ4n) is 4.24. The minimum atomic E-state index is -0.263. The first-order valence-electron chi connectivity index (χ1n) is 12.7. The zero-order valence-corrected chi connectivity index (χ0v) is 25.2. The number of carbonyl (C=O) groups is 1. The van der Waals surface area contributed by atoms with Gasteiger partial charge in [0, 0.05) is 37.6 Å². The Labute approximate surface area is 259 Å². The number of nitrogens with one attached hydrogen (secondary N) is 2. The monoisotopic (exact) mass is 624 g/mol. The maximum absolute atomic E-state index is 13.0. The first-order chi connectivity index (χ1) is 19.7. The maximum atomic E-state index is 13.0. The molecule has 3 aromatic carbocycles. The van der Waals surface area contributed by atoms with Gasteiger partial charge in [-0.3, -0.25) is 4.79 Å². The summed E-state index contributed by atoms with van der Waals surface area (Å²) in [5.74, 6) is -0.148. The second-order valence-electron chi connectivity index (χ2n) is 9.47. The first-order valence-corrected chi connectivity index (χ1v) is 14.3. The summed E-state index contributed by atoms with van der Waals surface area (Å²) < 4.78 is 1.92. The molecule has 1 amide bonds. The summed E-state index contributed by atoms with van der Waals surface area (Å²) in [5, 5.41) is 17.2. The van der Waals surface area contributed by atoms with Crippen LogP contribution in [0.3, 0.4) is 0 Å². The van der Waals surface area contributed by atoms with Crippen LogP contribution in [0.25, 0.3) is 0 Å². The number of amides is 1. The standard InChI is InChI=1S/C30H27Cl3N6OS/c1-20(36-28(40)13-24-15-35-19-39(24)17-22-11-9-21(14-34)10-12-22)16-38(18-23-5-4-7-26(32)29(23)33)30(41)37-27-8-3-2-6-25(27)31/h2-12,15,19-20H,13,16-18H2,1H3,(H,36,40)(H,37,41)/t20-/m0/s1. The zero-order valence-electron chi connectivity index (χ0n) is 22.2. The predicted octanol–water partition coefficient (Wildman–Crippen LogP) is 6.71. The molecule has 1 heterocycles. The molecular formula is C30H27Cl3N6OS. The maximum Gasteiger partial charge on any atom is 0.226 e. The van der Waals surface area contributed by atoms with Crippen molar-refractivity contribution in [3.8, 4) is 6.07 Å². The average molecular weight is 626 g/mol. The number of halogens is 3. The van der Waals surface area contributed by atoms with Gasteiger partial charge in [-0.2, -0.15) is 5.26 Å². The molecule has 0 unspecified atom stereocenters. The largest absolute Gasteiger partial charge is 0.352 e. The quantitative estimate of drug-likeness (QED) is 0.191. The molecule has 4 aromatic rings. The Morgan fingerprint density at radius 2 is 1.80 bits per heavy atom. The van der Waals surface area contributed by atoms with Gasteiger partial charge in [-0.05, 0) is 60.6 Å². The van der Waals surface area contributed by atoms with Crippen LogP contribution in [0.5, 0.6) is 0 Å². The highest BCUT2D eigenvalue weighted by Crippen LogP contribution is 2.27. The van der Waals surface area contributed by atoms with E-state index in [2.05, 4.69) is 21.7 Å². The molecular weight excluding hydrogens is 599 g/mol. The Kier molecular flexibility index (Phi) is 10.6. The fourth-order valence-corrected chi connectivity index (χ4v) is 5.05. The van der Waals surface area contributed by atoms with Crippen molar-refractivity contribution in [1.29, 1.82) is 5.26 Å². The van der Waals surface area contributed by atoms with Crippen molar-refractivity contribution in [3.05, 3.63) is 117 Å². The van der Waals surface area contributed by atoms with Gasteiger partial charge in [0.2, 0.25) is 5.91 Å². The first kappa shape index (κ1) is 30.4. The molecule has 210 valence electrons. The van der Waals surface area contributed by atoms with Gasteiger partial charge in [0.05, 0.1) is 45.1 Å². The number of nitriles is 1. The molecule has 2 N–H and O–H groups in total. The number of anilines is 1. The number of hydrogen-bond acceptors (Lipinski definition) is 4. The molecule has 0 saturated carbocycles. The summed E-state index contributed by atoms with van der Waals surface area (Å²) in [7, 11) is 0. The molecule has 41 heavy (non-hydrogen) atoms. The van der Waals surface area contributed by atoms with Crippen molar-refractivity contribution in [2.75, 3.05) is 11.9 Å². The lowest BCUT2D eigenvalue weighted by Gasteiger charge is -2.30. The van der Waals surface area contributed by atoms with E-state index in [1.165, 1.54) is 0 Å². The Hall–Kier alpha value is -3.61. The number of aromatic nitrogens is 2. The van der Waals surface area contributed by atoms with Gasteiger partial charge in [0.25, 0.3) is 0 Å². The summed E-state index contributed by atoms with van der Waals surface area (Å²) in [6.45, 7) is 3.22. The predicted molar refractivity (Wildman–Crippen MR) is 168 cm³/mol. The second-order valence-corrected chi connectivity index (χ2v) is 11.0. The van der Waals surface area contributed by atoms with Crippen LogP contribution < -0.4 is 10.6 Å². The minimum Gasteiger partial charge on any atom is -0.352 e. The van der Waals surface area contributed by atoms with E-state index < -0.39 is 0 Å². The lowest BCUT2D eigenvalue weighted by molar-refractivity contribution is -0.121. The van der Waals surface area contributed by atoms with Gasteiger partial charge in [-0.1, -0.05) is 71.2 Å². The Morgan fingerprint density at radius 3 is 2.54 bits per heavy atom. The van der Waals surface area contributed by atoms with E-state index in [0.29, 0.717) is 51.1 Å². The molecule has 0 aliphatic heterocycles. The van der Waals surface area contributed by atoms with E-state index in [9.17, 15) is 4.79 Å². The molecule has 1 aromatic heterocycles. The van der Waals surface area contributed by atoms with Gasteiger partial charge in [0.1, 0.15) is 0 Å². The summed E-state index contributed by atoms with van der Waals surface area (Å²) in [4.78, 5) is 19.2. The van der Waals surface area contributed by atoms with Crippen molar-refractivity contribution in [2.45, 2.75) is 32.5 Å². The number of hydrogen-bond donors (Lipinski definition) is 2. The van der Waals surface area contributed by atoms with Crippen LogP contribution in [0, 0.1) is 11.3 Å². The molecule has 0 fully saturated rings. The number of nitrogens with zero attached hydrogens (tertiary/aromatic N) is 4. The highest BCUT2D eigenvalue weighted by Gasteiger charge is 2.19. The molecule has 0 aliphatic rings. The molecule has 0 aliphatic carbocycles. The lowest BCUT2D eigenvalue weighted by atomic mass is 10.1. The number of imidazole rings is 1. The summed E-state index contributed by atoms with van der Waals surface area (Å²) in [6.07, 6.45) is 3.53. The highest BCUT2D eigenvalue weighted by atomic mass is 35.5. The van der Waals surface area contributed by atoms with E-state index in [-0.39, 0.29) is 18.4 Å². The number of carbonyl (C=O) groups excluding carboxylic acids is 1. The van der Waals surface area contributed by atoms with Crippen molar-refractivity contribution < 1.29 is 4.79 Å². The molecule has 4 rings (SSSR count). The number of rotatable bonds is 10. The van der Waals surface area contributed by atoms with Crippen LogP contribution in [-0.2, 0) is 24.3 Å². The zero-order chi connectivity index (χ0) is 29.4. The summed E-state index contributed by atoms with van der Waals surface area (Å²) in [5.41, 5.74) is 3.85. The van der Waals surface area contributed by atoms with Crippen molar-refractivity contribution in [1.82, 2.24) is 19.8 Å². The van der Waals surface area contributed by atoms with E-state index in [4.69, 9.17) is 52.3 Å². The highest BCUT2D eigenvalue weighted by molar-refractivity contribution is 7.80. The fraction of sp³-hybridized carbons (Fsp3) is 0.200. The second kappa shape index (κ2) is 14.3. The van der Waals surface area contributed by atoms with Gasteiger partial charge in [0.15, 0.2) is 5.11 Å². The van der Waals surface area contributed by atoms with Gasteiger partial charge < -0.3 is 20.1 Å². The molecule has 0 radical (unpaired) electrons. The molecule has 11 heteroatoms. The Bertz CT molecular complexity index is 1570. The number of para-hydroxylation sites is 1. The Morgan fingerprint density at radius 1 is 1.07 bits per heavy atom. The average Bonchev–Trinajstić information content (AvgIpc) is 3.38. The van der Waals surface area contributed by atoms with Crippen LogP contribution in [0.1, 0.15) is 29.3 Å². The van der Waals surface area contributed by atoms with E-state index >= 15 is 0 Å². The SMILES string of the molecule is C[C@@H](CN(Cc1cccc(Cl)c1Cl)C(=S)Nc1ccccc1Cl)NC(=O)Cc1cncn1Cc1ccc(C#N)cc1. The third kappa shape index (κ3) is 8.44. The van der Waals surface area contributed by atoms with Crippen LogP contribution in [0.4, 0.5) is 5.69 Å². The van der Waals surface area contributed by atoms with Gasteiger partial charge in [-0.25, -0.2) is 4.98 Å². The number of benzene rings is 3. The van der Waals surface area contributed by atoms with Crippen molar-refractivity contribution in [3.63, 3.8) is 0 Å². The Balaban J connectivity index is 1.42. The van der Waals surface area contributed by atoms with Crippen LogP contribution in [-0.4, -0.2) is 38.1 Å². The van der Waals surface area contributed by atoms with E-state index in [0.717, 1.165) is 16.8 Å². The van der Waals surface area contributed by atoms with E-state index in [1.807, 2.05) is 58.9 Å². The number of thiocarbonyl (C=S) groups is 1. The lowest BCUT2D eigenvalue weighted by Crippen LogP contribution is -2.45. The van der Waals surface area contributed by atoms with Gasteiger partial charge >= 0.3 is 0 Å². The smallest absolute Gasteiger partial charge is 0.226 e. The third-order valence-electron chi connectivity index (χ3n) is 6.27. The molecule has 7 nitrogen and oxygen atoms in total. The van der Waals surface area contributed by atoms with Crippen LogP contribution in [0.2, 0.25) is 15.1 Å². The van der Waals surface area contributed by atoms with Crippen molar-refractivity contribution >= 4 is 63.7 Å². The van der Waals surface area contributed by atoms with Crippen LogP contribution >= 0.6 is 47.0 Å². The third-order valence-corrected chi connectivity index (χ3v) is 7.82. The van der Waals surface area contributed by atoms with Crippen LogP contribution in [0.15, 0.2) is 79.3 Å². The molecule has 1 atom stereocenters. The summed E-state index contributed by atoms with van der Waals surface area (Å²) >= 11 is 24.8. The van der Waals surface area contributed by atoms with Crippen molar-refractivity contribution in [2.24, 2.45) is 0 Å². The normalized spacial score (nSPS) is 11.4. The molecule has 0 saturated heterocycles. The molecule has 0 bridgehead atoms.